The molecule has 1 saturated heterocycles. The molecule has 7 heteroatoms. The van der Waals surface area contributed by atoms with E-state index in [0.717, 1.165) is 7.85 Å². The molecule has 0 N–H and O–H groups in total. The summed E-state index contributed by atoms with van der Waals surface area (Å²) in [7, 11) is 0. The topological polar surface area (TPSA) is 40.6 Å². The molecule has 4 nitrogen and oxygen atoms in total. The smallest absolute Gasteiger partial charge is 0.271 e. The van der Waals surface area contributed by atoms with Crippen LogP contribution in [0.2, 0.25) is 0 Å². The van der Waals surface area contributed by atoms with Gasteiger partial charge in [-0.1, -0.05) is 0 Å². The molecule has 12 heavy (non-hydrogen) atoms. The number of carbonyl (C=O) groups is 2. The fraction of sp³-hybridized carbons (Fsp3) is 0.600. The maximum Gasteiger partial charge on any atom is 0.348 e. The van der Waals surface area contributed by atoms with Gasteiger partial charge < -0.3 is 0 Å². The van der Waals surface area contributed by atoms with Crippen LogP contribution in [0.3, 0.4) is 0 Å². The van der Waals surface area contributed by atoms with Crippen molar-refractivity contribution in [2.75, 3.05) is 5.88 Å². The average Bonchev–Trinajstić information content (AvgIpc) is 2.22. The first-order chi connectivity index (χ1) is 5.45. The SMILES string of the molecule is CC1(CCl)C(=O)N(Br)C(=O)N1Br. The summed E-state index contributed by atoms with van der Waals surface area (Å²) in [5.41, 5.74) is -0.998. The quantitative estimate of drug-likeness (QED) is 0.420. The summed E-state index contributed by atoms with van der Waals surface area (Å²) in [4.78, 5) is 22.5. The molecular formula is C5H5Br2ClN2O2. The molecular weight excluding hydrogens is 315 g/mol. The van der Waals surface area contributed by atoms with Gasteiger partial charge in [-0.25, -0.2) is 8.72 Å². The van der Waals surface area contributed by atoms with Gasteiger partial charge in [0.15, 0.2) is 0 Å². The largest absolute Gasteiger partial charge is 0.348 e. The predicted octanol–water partition coefficient (Wildman–Crippen LogP) is 1.87. The number of halogens is 3. The van der Waals surface area contributed by atoms with Crippen molar-refractivity contribution in [1.82, 2.24) is 7.85 Å². The van der Waals surface area contributed by atoms with Crippen LogP contribution in [0, 0.1) is 0 Å². The van der Waals surface area contributed by atoms with Crippen LogP contribution >= 0.6 is 43.9 Å². The van der Waals surface area contributed by atoms with Crippen molar-refractivity contribution in [3.63, 3.8) is 0 Å². The molecule has 1 aliphatic rings. The Hall–Kier alpha value is 0.190. The van der Waals surface area contributed by atoms with E-state index in [1.165, 1.54) is 0 Å². The van der Waals surface area contributed by atoms with Crippen LogP contribution in [0.4, 0.5) is 4.79 Å². The third kappa shape index (κ3) is 1.16. The number of hydrogen-bond acceptors (Lipinski definition) is 2. The summed E-state index contributed by atoms with van der Waals surface area (Å²) in [5.74, 6) is -0.329. The van der Waals surface area contributed by atoms with Crippen LogP contribution in [0.15, 0.2) is 0 Å². The molecule has 0 aromatic rings. The van der Waals surface area contributed by atoms with Gasteiger partial charge in [-0.05, 0) is 6.92 Å². The molecule has 1 heterocycles. The standard InChI is InChI=1S/C5H5Br2ClN2O2/c1-5(2-8)3(11)9(6)4(12)10(5)7/h2H2,1H3. The van der Waals surface area contributed by atoms with Gasteiger partial charge in [0.1, 0.15) is 5.54 Å². The summed E-state index contributed by atoms with van der Waals surface area (Å²) in [6, 6.07) is -0.469. The van der Waals surface area contributed by atoms with Crippen LogP contribution < -0.4 is 0 Å². The third-order valence-electron chi connectivity index (χ3n) is 1.67. The average molecular weight is 320 g/mol. The Morgan fingerprint density at radius 2 is 2.00 bits per heavy atom. The Balaban J connectivity index is 3.06. The van der Waals surface area contributed by atoms with Crippen LogP contribution in [0.5, 0.6) is 0 Å². The Bertz CT molecular complexity index is 250. The lowest BCUT2D eigenvalue weighted by atomic mass is 10.1. The monoisotopic (exact) mass is 318 g/mol. The van der Waals surface area contributed by atoms with E-state index in [9.17, 15) is 9.59 Å². The second-order valence-corrected chi connectivity index (χ2v) is 4.24. The number of hydrogen-bond donors (Lipinski definition) is 0. The molecule has 0 aliphatic carbocycles. The molecule has 0 bridgehead atoms. The summed E-state index contributed by atoms with van der Waals surface area (Å²) in [6.07, 6.45) is 0. The Morgan fingerprint density at radius 3 is 2.17 bits per heavy atom. The summed E-state index contributed by atoms with van der Waals surface area (Å²) >= 11 is 11.4. The highest BCUT2D eigenvalue weighted by Gasteiger charge is 2.53. The van der Waals surface area contributed by atoms with Gasteiger partial charge in [-0.15, -0.1) is 11.6 Å². The Labute approximate surface area is 91.5 Å². The van der Waals surface area contributed by atoms with E-state index in [4.69, 9.17) is 11.6 Å². The minimum Gasteiger partial charge on any atom is -0.271 e. The zero-order valence-electron chi connectivity index (χ0n) is 6.05. The van der Waals surface area contributed by atoms with Gasteiger partial charge in [0.2, 0.25) is 0 Å². The first kappa shape index (κ1) is 10.3. The molecule has 0 radical (unpaired) electrons. The second-order valence-electron chi connectivity index (χ2n) is 2.56. The van der Waals surface area contributed by atoms with Crippen LogP contribution in [-0.2, 0) is 4.79 Å². The van der Waals surface area contributed by atoms with E-state index in [0.29, 0.717) is 0 Å². The molecule has 1 atom stereocenters. The summed E-state index contributed by atoms with van der Waals surface area (Å²) in [6.45, 7) is 1.58. The highest BCUT2D eigenvalue weighted by molar-refractivity contribution is 9.08. The highest BCUT2D eigenvalue weighted by Crippen LogP contribution is 2.33. The van der Waals surface area contributed by atoms with Crippen molar-refractivity contribution < 1.29 is 9.59 Å². The summed E-state index contributed by atoms with van der Waals surface area (Å²) < 4.78 is 1.98. The van der Waals surface area contributed by atoms with Gasteiger partial charge >= 0.3 is 6.03 Å². The van der Waals surface area contributed by atoms with Gasteiger partial charge in [-0.3, -0.25) is 4.79 Å². The molecule has 0 aromatic carbocycles. The van der Waals surface area contributed by atoms with E-state index in [2.05, 4.69) is 32.3 Å². The van der Waals surface area contributed by atoms with Gasteiger partial charge in [0, 0.05) is 0 Å². The number of imide groups is 1. The van der Waals surface area contributed by atoms with Gasteiger partial charge in [-0.2, -0.15) is 3.93 Å². The minimum absolute atomic E-state index is 0.0466. The number of amides is 3. The van der Waals surface area contributed by atoms with Crippen LogP contribution in [0.1, 0.15) is 6.92 Å². The van der Waals surface area contributed by atoms with E-state index >= 15 is 0 Å². The maximum atomic E-state index is 11.4. The predicted molar refractivity (Wildman–Crippen MR) is 51.1 cm³/mol. The van der Waals surface area contributed by atoms with Crippen molar-refractivity contribution in [2.45, 2.75) is 12.5 Å². The Morgan fingerprint density at radius 1 is 1.50 bits per heavy atom. The molecule has 0 saturated carbocycles. The fourth-order valence-electron chi connectivity index (χ4n) is 0.780. The van der Waals surface area contributed by atoms with E-state index in [1.54, 1.807) is 6.92 Å². The lowest BCUT2D eigenvalue weighted by molar-refractivity contribution is -0.127. The summed E-state index contributed by atoms with van der Waals surface area (Å²) in [5, 5.41) is 0. The van der Waals surface area contributed by atoms with Crippen LogP contribution in [-0.4, -0.2) is 31.2 Å². The van der Waals surface area contributed by atoms with E-state index in [1.807, 2.05) is 0 Å². The van der Waals surface area contributed by atoms with Crippen LogP contribution in [0.25, 0.3) is 0 Å². The van der Waals surface area contributed by atoms with Gasteiger partial charge in [0.25, 0.3) is 5.91 Å². The number of carbonyl (C=O) groups excluding carboxylic acids is 2. The van der Waals surface area contributed by atoms with Crippen molar-refractivity contribution in [1.29, 1.82) is 0 Å². The van der Waals surface area contributed by atoms with Crippen molar-refractivity contribution in [3.05, 3.63) is 0 Å². The van der Waals surface area contributed by atoms with Crippen molar-refractivity contribution in [3.8, 4) is 0 Å². The normalized spacial score (nSPS) is 30.3. The van der Waals surface area contributed by atoms with Gasteiger partial charge in [0.05, 0.1) is 38.2 Å². The third-order valence-corrected chi connectivity index (χ3v) is 3.90. The zero-order valence-corrected chi connectivity index (χ0v) is 9.98. The molecule has 1 rings (SSSR count). The first-order valence-electron chi connectivity index (χ1n) is 3.01. The second kappa shape index (κ2) is 3.16. The fourth-order valence-corrected chi connectivity index (χ4v) is 2.35. The minimum atomic E-state index is -0.998. The first-order valence-corrected chi connectivity index (χ1v) is 4.96. The number of rotatable bonds is 1. The molecule has 0 aromatic heterocycles. The highest BCUT2D eigenvalue weighted by atomic mass is 79.9. The number of alkyl halides is 1. The number of urea groups is 1. The molecule has 1 aliphatic heterocycles. The van der Waals surface area contributed by atoms with Crippen molar-refractivity contribution in [2.24, 2.45) is 0 Å². The lowest BCUT2D eigenvalue weighted by Crippen LogP contribution is -2.43. The number of nitrogens with zero attached hydrogens (tertiary/aromatic N) is 2. The maximum absolute atomic E-state index is 11.4. The molecule has 1 fully saturated rings. The molecule has 68 valence electrons. The molecule has 3 amide bonds. The van der Waals surface area contributed by atoms with E-state index in [-0.39, 0.29) is 11.8 Å². The van der Waals surface area contributed by atoms with E-state index < -0.39 is 11.6 Å². The molecule has 0 spiro atoms. The van der Waals surface area contributed by atoms with Crippen molar-refractivity contribution >= 4 is 55.8 Å². The Kier molecular flexibility index (Phi) is 2.70. The zero-order chi connectivity index (χ0) is 9.52. The lowest BCUT2D eigenvalue weighted by Gasteiger charge is -2.22. The molecule has 1 unspecified atom stereocenters.